The number of methoxy groups -OCH3 is 2. The fourth-order valence-corrected chi connectivity index (χ4v) is 4.07. The molecule has 0 aromatic heterocycles. The van der Waals surface area contributed by atoms with Crippen LogP contribution in [-0.4, -0.2) is 29.7 Å². The second-order valence-corrected chi connectivity index (χ2v) is 7.72. The Morgan fingerprint density at radius 3 is 1.46 bits per heavy atom. The van der Waals surface area contributed by atoms with Crippen LogP contribution in [0.3, 0.4) is 0 Å². The van der Waals surface area contributed by atoms with Crippen LogP contribution in [0.2, 0.25) is 11.1 Å². The fraction of sp³-hybridized carbons (Fsp3) is 1.00. The van der Waals surface area contributed by atoms with Crippen molar-refractivity contribution >= 4 is 9.04 Å². The minimum atomic E-state index is -1.22. The third kappa shape index (κ3) is 4.76. The van der Waals surface area contributed by atoms with Crippen LogP contribution in [0.5, 0.6) is 0 Å². The lowest BCUT2D eigenvalue weighted by molar-refractivity contribution is -0.223. The third-order valence-electron chi connectivity index (χ3n) is 1.97. The molecule has 0 heterocycles. The van der Waals surface area contributed by atoms with E-state index in [2.05, 4.69) is 27.7 Å². The molecule has 80 valence electrons. The van der Waals surface area contributed by atoms with Crippen LogP contribution in [0.1, 0.15) is 27.7 Å². The van der Waals surface area contributed by atoms with Gasteiger partial charge in [0.1, 0.15) is 0 Å². The Morgan fingerprint density at radius 1 is 0.846 bits per heavy atom. The quantitative estimate of drug-likeness (QED) is 0.492. The van der Waals surface area contributed by atoms with E-state index in [9.17, 15) is 0 Å². The summed E-state index contributed by atoms with van der Waals surface area (Å²) in [5, 5.41) is 0. The van der Waals surface area contributed by atoms with E-state index in [1.807, 2.05) is 0 Å². The summed E-state index contributed by atoms with van der Waals surface area (Å²) in [5.41, 5.74) is 1.21. The lowest BCUT2D eigenvalue weighted by atomic mass is 10.5. The lowest BCUT2D eigenvalue weighted by Gasteiger charge is -2.27. The molecule has 0 rings (SSSR count). The molecular formula is C9H22O3Si. The monoisotopic (exact) mass is 206 g/mol. The highest BCUT2D eigenvalue weighted by Gasteiger charge is 2.24. The average molecular weight is 206 g/mol. The Morgan fingerprint density at radius 2 is 1.23 bits per heavy atom. The summed E-state index contributed by atoms with van der Waals surface area (Å²) in [6, 6.07) is 0. The first kappa shape index (κ1) is 13.1. The third-order valence-corrected chi connectivity index (χ3v) is 5.13. The maximum absolute atomic E-state index is 5.77. The van der Waals surface area contributed by atoms with Gasteiger partial charge in [-0.15, -0.1) is 0 Å². The highest BCUT2D eigenvalue weighted by atomic mass is 28.3. The minimum Gasteiger partial charge on any atom is -0.374 e. The van der Waals surface area contributed by atoms with Gasteiger partial charge >= 0.3 is 0 Å². The van der Waals surface area contributed by atoms with Crippen LogP contribution in [0.15, 0.2) is 0 Å². The van der Waals surface area contributed by atoms with E-state index in [-0.39, 0.29) is 0 Å². The zero-order valence-corrected chi connectivity index (χ0v) is 10.7. The van der Waals surface area contributed by atoms with E-state index in [1.54, 1.807) is 14.2 Å². The van der Waals surface area contributed by atoms with E-state index in [4.69, 9.17) is 13.9 Å². The molecule has 4 heteroatoms. The summed E-state index contributed by atoms with van der Waals surface area (Å²) < 4.78 is 15.8. The zero-order valence-electron chi connectivity index (χ0n) is 9.53. The van der Waals surface area contributed by atoms with Gasteiger partial charge in [0.25, 0.3) is 6.48 Å². The molecule has 13 heavy (non-hydrogen) atoms. The summed E-state index contributed by atoms with van der Waals surface area (Å²) in [6.45, 7) is 8.29. The molecule has 0 saturated heterocycles. The largest absolute Gasteiger partial charge is 0.374 e. The van der Waals surface area contributed by atoms with Crippen molar-refractivity contribution < 1.29 is 13.9 Å². The highest BCUT2D eigenvalue weighted by molar-refractivity contribution is 6.54. The van der Waals surface area contributed by atoms with E-state index < -0.39 is 15.5 Å². The lowest BCUT2D eigenvalue weighted by Crippen LogP contribution is -2.33. The second kappa shape index (κ2) is 6.54. The topological polar surface area (TPSA) is 27.7 Å². The molecule has 0 unspecified atom stereocenters. The first-order valence-electron chi connectivity index (χ1n) is 4.74. The summed E-state index contributed by atoms with van der Waals surface area (Å²) in [4.78, 5) is 0. The molecule has 0 fully saturated rings. The maximum atomic E-state index is 5.77. The molecule has 0 saturated carbocycles. The number of hydrogen-bond acceptors (Lipinski definition) is 3. The van der Waals surface area contributed by atoms with Crippen LogP contribution in [-0.2, 0) is 13.9 Å². The van der Waals surface area contributed by atoms with Crippen LogP contribution >= 0.6 is 0 Å². The van der Waals surface area contributed by atoms with Crippen molar-refractivity contribution in [3.05, 3.63) is 0 Å². The molecule has 0 radical (unpaired) electrons. The maximum Gasteiger partial charge on any atom is 0.261 e. The smallest absolute Gasteiger partial charge is 0.261 e. The van der Waals surface area contributed by atoms with Crippen molar-refractivity contribution in [3.63, 3.8) is 0 Å². The summed E-state index contributed by atoms with van der Waals surface area (Å²) in [6.07, 6.45) is 0. The van der Waals surface area contributed by atoms with Gasteiger partial charge in [0.2, 0.25) is 0 Å². The first-order chi connectivity index (χ1) is 6.02. The van der Waals surface area contributed by atoms with Crippen LogP contribution in [0.4, 0.5) is 0 Å². The van der Waals surface area contributed by atoms with Crippen LogP contribution in [0.25, 0.3) is 0 Å². The number of hydrogen-bond donors (Lipinski definition) is 0. The molecule has 0 spiro atoms. The Kier molecular flexibility index (Phi) is 6.58. The van der Waals surface area contributed by atoms with Gasteiger partial charge in [0.05, 0.1) is 0 Å². The summed E-state index contributed by atoms with van der Waals surface area (Å²) in [7, 11) is 1.97. The van der Waals surface area contributed by atoms with Gasteiger partial charge in [-0.25, -0.2) is 0 Å². The molecule has 0 aromatic rings. The SMILES string of the molecule is COC(OC)O[SiH](C(C)C)C(C)C. The molecule has 0 aliphatic heterocycles. The summed E-state index contributed by atoms with van der Waals surface area (Å²) in [5.74, 6) is 0. The fourth-order valence-electron chi connectivity index (χ4n) is 1.42. The molecule has 0 aliphatic rings. The van der Waals surface area contributed by atoms with Crippen LogP contribution < -0.4 is 0 Å². The van der Waals surface area contributed by atoms with Gasteiger partial charge in [0, 0.05) is 14.2 Å². The Balaban J connectivity index is 4.08. The first-order valence-corrected chi connectivity index (χ1v) is 6.54. The van der Waals surface area contributed by atoms with Crippen molar-refractivity contribution in [2.75, 3.05) is 14.2 Å². The van der Waals surface area contributed by atoms with Gasteiger partial charge in [-0.3, -0.25) is 0 Å². The Labute approximate surface area is 83.1 Å². The van der Waals surface area contributed by atoms with Crippen molar-refractivity contribution in [3.8, 4) is 0 Å². The van der Waals surface area contributed by atoms with Gasteiger partial charge in [-0.2, -0.15) is 0 Å². The van der Waals surface area contributed by atoms with Gasteiger partial charge in [-0.05, 0) is 11.1 Å². The minimum absolute atomic E-state index is 0.485. The second-order valence-electron chi connectivity index (χ2n) is 3.85. The molecule has 0 amide bonds. The van der Waals surface area contributed by atoms with Gasteiger partial charge in [0.15, 0.2) is 9.04 Å². The molecule has 3 nitrogen and oxygen atoms in total. The summed E-state index contributed by atoms with van der Waals surface area (Å²) >= 11 is 0. The zero-order chi connectivity index (χ0) is 10.4. The normalized spacial score (nSPS) is 12.5. The van der Waals surface area contributed by atoms with Crippen molar-refractivity contribution in [1.29, 1.82) is 0 Å². The average Bonchev–Trinajstić information content (AvgIpc) is 2.05. The van der Waals surface area contributed by atoms with Gasteiger partial charge < -0.3 is 13.9 Å². The van der Waals surface area contributed by atoms with Gasteiger partial charge in [-0.1, -0.05) is 27.7 Å². The standard InChI is InChI=1S/C9H22O3Si/c1-7(2)13(8(3)4)12-9(10-5)11-6/h7-9,13H,1-6H3. The van der Waals surface area contributed by atoms with E-state index in [0.717, 1.165) is 0 Å². The predicted molar refractivity (Wildman–Crippen MR) is 56.2 cm³/mol. The molecular weight excluding hydrogens is 184 g/mol. The van der Waals surface area contributed by atoms with E-state index >= 15 is 0 Å². The van der Waals surface area contributed by atoms with E-state index in [1.165, 1.54) is 0 Å². The molecule has 0 atom stereocenters. The molecule has 0 aliphatic carbocycles. The number of ether oxygens (including phenoxy) is 2. The molecule has 0 aromatic carbocycles. The molecule has 0 N–H and O–H groups in total. The Hall–Kier alpha value is 0.0969. The highest BCUT2D eigenvalue weighted by Crippen LogP contribution is 2.22. The van der Waals surface area contributed by atoms with E-state index in [0.29, 0.717) is 11.1 Å². The van der Waals surface area contributed by atoms with Crippen molar-refractivity contribution in [2.45, 2.75) is 45.3 Å². The number of rotatable bonds is 6. The van der Waals surface area contributed by atoms with Crippen molar-refractivity contribution in [2.24, 2.45) is 0 Å². The van der Waals surface area contributed by atoms with Crippen molar-refractivity contribution in [1.82, 2.24) is 0 Å². The predicted octanol–water partition coefficient (Wildman–Crippen LogP) is 2.12. The van der Waals surface area contributed by atoms with Crippen LogP contribution in [0, 0.1) is 0 Å². The Bertz CT molecular complexity index is 116. The molecule has 0 bridgehead atoms.